The summed E-state index contributed by atoms with van der Waals surface area (Å²) in [6, 6.07) is 8.81. The molecular weight excluding hydrogens is 240 g/mol. The summed E-state index contributed by atoms with van der Waals surface area (Å²) in [5.41, 5.74) is 2.62. The zero-order chi connectivity index (χ0) is 12.8. The Hall–Kier alpha value is -1.19. The largest absolute Gasteiger partial charge is 0.310 e. The van der Waals surface area contributed by atoms with Crippen molar-refractivity contribution in [1.82, 2.24) is 10.3 Å². The van der Waals surface area contributed by atoms with Gasteiger partial charge < -0.3 is 5.32 Å². The van der Waals surface area contributed by atoms with Gasteiger partial charge in [0.05, 0.1) is 0 Å². The van der Waals surface area contributed by atoms with E-state index < -0.39 is 0 Å². The van der Waals surface area contributed by atoms with Crippen molar-refractivity contribution in [3.63, 3.8) is 0 Å². The molecule has 0 amide bonds. The Balaban J connectivity index is 2.01. The molecule has 2 heterocycles. The monoisotopic (exact) mass is 260 g/mol. The van der Waals surface area contributed by atoms with Gasteiger partial charge in [-0.25, -0.2) is 0 Å². The molecule has 1 unspecified atom stereocenters. The van der Waals surface area contributed by atoms with Gasteiger partial charge in [-0.3, -0.25) is 4.98 Å². The lowest BCUT2D eigenvalue weighted by atomic mass is 10.0. The minimum atomic E-state index is 0.447. The number of pyridine rings is 1. The molecule has 2 nitrogen and oxygen atoms in total. The van der Waals surface area contributed by atoms with Gasteiger partial charge in [0.15, 0.2) is 0 Å². The third-order valence-corrected chi connectivity index (χ3v) is 4.00. The molecular formula is C15H20N2S. The van der Waals surface area contributed by atoms with Gasteiger partial charge in [0.1, 0.15) is 0 Å². The van der Waals surface area contributed by atoms with Crippen molar-refractivity contribution in [2.75, 3.05) is 6.54 Å². The fourth-order valence-corrected chi connectivity index (χ4v) is 2.97. The molecule has 2 aromatic rings. The number of aromatic nitrogens is 1. The van der Waals surface area contributed by atoms with Crippen LogP contribution in [0.25, 0.3) is 0 Å². The third-order valence-electron chi connectivity index (χ3n) is 3.14. The molecule has 3 heteroatoms. The van der Waals surface area contributed by atoms with E-state index in [1.54, 1.807) is 0 Å². The van der Waals surface area contributed by atoms with Crippen LogP contribution in [0.2, 0.25) is 0 Å². The van der Waals surface area contributed by atoms with Crippen LogP contribution in [0.15, 0.2) is 35.8 Å². The zero-order valence-electron chi connectivity index (χ0n) is 11.0. The first-order valence-electron chi connectivity index (χ1n) is 6.48. The van der Waals surface area contributed by atoms with Gasteiger partial charge in [0.2, 0.25) is 0 Å². The molecule has 1 N–H and O–H groups in total. The molecule has 0 aliphatic carbocycles. The quantitative estimate of drug-likeness (QED) is 0.856. The molecule has 0 bridgehead atoms. The Labute approximate surface area is 113 Å². The number of nitrogens with one attached hydrogen (secondary N) is 1. The molecule has 2 aromatic heterocycles. The molecule has 0 aliphatic heterocycles. The number of aryl methyl sites for hydroxylation is 2. The van der Waals surface area contributed by atoms with E-state index in [1.807, 2.05) is 23.6 Å². The molecule has 96 valence electrons. The van der Waals surface area contributed by atoms with Gasteiger partial charge >= 0.3 is 0 Å². The molecule has 0 spiro atoms. The fourth-order valence-electron chi connectivity index (χ4n) is 2.21. The zero-order valence-corrected chi connectivity index (χ0v) is 11.8. The molecule has 2 rings (SSSR count). The summed E-state index contributed by atoms with van der Waals surface area (Å²) in [5, 5.41) is 5.75. The van der Waals surface area contributed by atoms with E-state index in [1.165, 1.54) is 16.1 Å². The summed E-state index contributed by atoms with van der Waals surface area (Å²) in [5.74, 6) is 0. The van der Waals surface area contributed by atoms with Gasteiger partial charge in [0, 0.05) is 22.8 Å². The highest BCUT2D eigenvalue weighted by Gasteiger charge is 2.13. The van der Waals surface area contributed by atoms with Crippen LogP contribution in [-0.2, 0) is 6.42 Å². The van der Waals surface area contributed by atoms with Crippen molar-refractivity contribution in [3.8, 4) is 0 Å². The maximum atomic E-state index is 4.39. The third kappa shape index (κ3) is 3.40. The molecule has 0 fully saturated rings. The average molecular weight is 260 g/mol. The lowest BCUT2D eigenvalue weighted by Crippen LogP contribution is -2.21. The Morgan fingerprint density at radius 2 is 2.22 bits per heavy atom. The Kier molecular flexibility index (Phi) is 4.90. The molecule has 0 saturated carbocycles. The molecule has 0 aromatic carbocycles. The van der Waals surface area contributed by atoms with Crippen LogP contribution in [0, 0.1) is 6.92 Å². The van der Waals surface area contributed by atoms with Crippen LogP contribution in [0.1, 0.15) is 35.5 Å². The summed E-state index contributed by atoms with van der Waals surface area (Å²) in [6.45, 7) is 5.36. The highest BCUT2D eigenvalue weighted by atomic mass is 32.1. The van der Waals surface area contributed by atoms with Gasteiger partial charge in [-0.05, 0) is 55.5 Å². The van der Waals surface area contributed by atoms with Crippen molar-refractivity contribution < 1.29 is 0 Å². The van der Waals surface area contributed by atoms with Crippen LogP contribution in [0.5, 0.6) is 0 Å². The van der Waals surface area contributed by atoms with Crippen molar-refractivity contribution in [2.45, 2.75) is 32.7 Å². The Morgan fingerprint density at radius 3 is 2.83 bits per heavy atom. The van der Waals surface area contributed by atoms with Crippen LogP contribution >= 0.6 is 11.3 Å². The van der Waals surface area contributed by atoms with Crippen LogP contribution in [-0.4, -0.2) is 11.5 Å². The maximum absolute atomic E-state index is 4.39. The van der Waals surface area contributed by atoms with Gasteiger partial charge in [-0.15, -0.1) is 11.3 Å². The number of rotatable bonds is 6. The number of hydrogen-bond donors (Lipinski definition) is 1. The van der Waals surface area contributed by atoms with E-state index in [2.05, 4.69) is 47.7 Å². The van der Waals surface area contributed by atoms with Crippen LogP contribution in [0.4, 0.5) is 0 Å². The Morgan fingerprint density at radius 1 is 1.33 bits per heavy atom. The predicted octanol–water partition coefficient (Wildman–Crippen LogP) is 3.73. The molecule has 0 radical (unpaired) electrons. The molecule has 0 aliphatic rings. The first-order chi connectivity index (χ1) is 8.81. The summed E-state index contributed by atoms with van der Waals surface area (Å²) < 4.78 is 0. The first-order valence-corrected chi connectivity index (χ1v) is 7.36. The first kappa shape index (κ1) is 13.2. The second-order valence-corrected chi connectivity index (χ2v) is 5.52. The topological polar surface area (TPSA) is 24.9 Å². The van der Waals surface area contributed by atoms with Crippen LogP contribution in [0.3, 0.4) is 0 Å². The van der Waals surface area contributed by atoms with E-state index in [0.717, 1.165) is 19.4 Å². The van der Waals surface area contributed by atoms with E-state index >= 15 is 0 Å². The highest BCUT2D eigenvalue weighted by Crippen LogP contribution is 2.25. The van der Waals surface area contributed by atoms with E-state index in [0.29, 0.717) is 6.04 Å². The number of thiophene rings is 1. The molecule has 0 saturated heterocycles. The van der Waals surface area contributed by atoms with Gasteiger partial charge in [-0.2, -0.15) is 0 Å². The van der Waals surface area contributed by atoms with Gasteiger partial charge in [-0.1, -0.05) is 13.0 Å². The lowest BCUT2D eigenvalue weighted by molar-refractivity contribution is 0.512. The van der Waals surface area contributed by atoms with E-state index in [9.17, 15) is 0 Å². The minimum Gasteiger partial charge on any atom is -0.310 e. The van der Waals surface area contributed by atoms with Crippen molar-refractivity contribution in [2.24, 2.45) is 0 Å². The minimum absolute atomic E-state index is 0.447. The SMILES string of the molecule is CCNC(CCc1ccccn1)c1ccsc1C. The second-order valence-electron chi connectivity index (χ2n) is 4.40. The maximum Gasteiger partial charge on any atom is 0.0404 e. The average Bonchev–Trinajstić information content (AvgIpc) is 2.82. The lowest BCUT2D eigenvalue weighted by Gasteiger charge is -2.17. The second kappa shape index (κ2) is 6.66. The Bertz CT molecular complexity index is 464. The number of hydrogen-bond acceptors (Lipinski definition) is 3. The fraction of sp³-hybridized carbons (Fsp3) is 0.400. The number of nitrogens with zero attached hydrogens (tertiary/aromatic N) is 1. The van der Waals surface area contributed by atoms with E-state index in [-0.39, 0.29) is 0 Å². The summed E-state index contributed by atoms with van der Waals surface area (Å²) in [7, 11) is 0. The molecule has 18 heavy (non-hydrogen) atoms. The van der Waals surface area contributed by atoms with Crippen molar-refractivity contribution in [1.29, 1.82) is 0 Å². The van der Waals surface area contributed by atoms with Crippen LogP contribution < -0.4 is 5.32 Å². The smallest absolute Gasteiger partial charge is 0.0404 e. The summed E-state index contributed by atoms with van der Waals surface area (Å²) >= 11 is 1.82. The molecule has 1 atom stereocenters. The van der Waals surface area contributed by atoms with Gasteiger partial charge in [0.25, 0.3) is 0 Å². The predicted molar refractivity (Wildman–Crippen MR) is 78.0 cm³/mol. The standard InChI is InChI=1S/C15H20N2S/c1-3-16-15(14-9-11-18-12(14)2)8-7-13-6-4-5-10-17-13/h4-6,9-11,15-16H,3,7-8H2,1-2H3. The van der Waals surface area contributed by atoms with Crippen molar-refractivity contribution >= 4 is 11.3 Å². The van der Waals surface area contributed by atoms with E-state index in [4.69, 9.17) is 0 Å². The summed E-state index contributed by atoms with van der Waals surface area (Å²) in [6.07, 6.45) is 3.99. The summed E-state index contributed by atoms with van der Waals surface area (Å²) in [4.78, 5) is 5.81. The highest BCUT2D eigenvalue weighted by molar-refractivity contribution is 7.10. The normalized spacial score (nSPS) is 12.6. The van der Waals surface area contributed by atoms with Crippen molar-refractivity contribution in [3.05, 3.63) is 52.0 Å².